The molecule has 7 heteroatoms. The number of ether oxygens (including phenoxy) is 1. The maximum atomic E-state index is 12.4. The van der Waals surface area contributed by atoms with Gasteiger partial charge in [0.1, 0.15) is 0 Å². The first-order chi connectivity index (χ1) is 8.92. The minimum atomic E-state index is -3.43. The highest BCUT2D eigenvalue weighted by Gasteiger charge is 2.35. The molecule has 0 radical (unpaired) electrons. The molecule has 1 saturated heterocycles. The Hall–Kier alpha value is -0.210. The first kappa shape index (κ1) is 15.2. The fourth-order valence-corrected chi connectivity index (χ4v) is 4.72. The van der Waals surface area contributed by atoms with E-state index in [4.69, 9.17) is 10.5 Å². The number of hydrogen-bond donors (Lipinski definition) is 2. The standard InChI is InChI=1S/C12H25N3O3S/c1-9-7-15(8-10(2)18-9)19(16,17)14-12-5-3-4-11(12)6-13/h9-12,14H,3-8,13H2,1-2H3/t9-,10-,11+,12-/m1/s1. The molecule has 2 fully saturated rings. The van der Waals surface area contributed by atoms with E-state index in [1.807, 2.05) is 13.8 Å². The lowest BCUT2D eigenvalue weighted by Crippen LogP contribution is -2.54. The molecule has 2 rings (SSSR count). The lowest BCUT2D eigenvalue weighted by molar-refractivity contribution is -0.0445. The van der Waals surface area contributed by atoms with Gasteiger partial charge in [0.2, 0.25) is 0 Å². The third-order valence-corrected chi connectivity index (χ3v) is 5.57. The van der Waals surface area contributed by atoms with Gasteiger partial charge >= 0.3 is 0 Å². The third kappa shape index (κ3) is 3.66. The van der Waals surface area contributed by atoms with Crippen LogP contribution in [0.1, 0.15) is 33.1 Å². The Morgan fingerprint density at radius 1 is 1.26 bits per heavy atom. The Morgan fingerprint density at radius 3 is 2.47 bits per heavy atom. The molecule has 2 aliphatic rings. The summed E-state index contributed by atoms with van der Waals surface area (Å²) >= 11 is 0. The molecule has 1 aliphatic carbocycles. The van der Waals surface area contributed by atoms with Crippen LogP contribution in [0.15, 0.2) is 0 Å². The van der Waals surface area contributed by atoms with E-state index in [-0.39, 0.29) is 24.2 Å². The minimum absolute atomic E-state index is 0.0107. The van der Waals surface area contributed by atoms with Crippen molar-refractivity contribution in [1.29, 1.82) is 0 Å². The molecule has 1 saturated carbocycles. The van der Waals surface area contributed by atoms with Crippen LogP contribution in [0.3, 0.4) is 0 Å². The van der Waals surface area contributed by atoms with Crippen LogP contribution in [0.25, 0.3) is 0 Å². The number of nitrogens with two attached hydrogens (primary N) is 1. The van der Waals surface area contributed by atoms with Gasteiger partial charge in [-0.15, -0.1) is 0 Å². The van der Waals surface area contributed by atoms with Crippen molar-refractivity contribution in [2.75, 3.05) is 19.6 Å². The highest BCUT2D eigenvalue weighted by atomic mass is 32.2. The predicted molar refractivity (Wildman–Crippen MR) is 73.8 cm³/mol. The average Bonchev–Trinajstić information content (AvgIpc) is 2.74. The first-order valence-corrected chi connectivity index (χ1v) is 8.49. The Kier molecular flexibility index (Phi) is 4.84. The number of nitrogens with zero attached hydrogens (tertiary/aromatic N) is 1. The summed E-state index contributed by atoms with van der Waals surface area (Å²) in [4.78, 5) is 0. The zero-order valence-corrected chi connectivity index (χ0v) is 12.5. The Balaban J connectivity index is 2.01. The van der Waals surface area contributed by atoms with Crippen molar-refractivity contribution in [2.24, 2.45) is 11.7 Å². The summed E-state index contributed by atoms with van der Waals surface area (Å²) in [5, 5.41) is 0. The second-order valence-electron chi connectivity index (χ2n) is 5.73. The fourth-order valence-electron chi connectivity index (χ4n) is 3.07. The summed E-state index contributed by atoms with van der Waals surface area (Å²) in [5.41, 5.74) is 5.70. The average molecular weight is 291 g/mol. The van der Waals surface area contributed by atoms with Gasteiger partial charge < -0.3 is 10.5 Å². The van der Waals surface area contributed by atoms with E-state index in [0.29, 0.717) is 19.6 Å². The maximum absolute atomic E-state index is 12.4. The second-order valence-corrected chi connectivity index (χ2v) is 7.43. The van der Waals surface area contributed by atoms with Crippen molar-refractivity contribution in [3.63, 3.8) is 0 Å². The molecule has 6 nitrogen and oxygen atoms in total. The normalized spacial score (nSPS) is 37.6. The van der Waals surface area contributed by atoms with Crippen molar-refractivity contribution in [3.8, 4) is 0 Å². The molecule has 19 heavy (non-hydrogen) atoms. The van der Waals surface area contributed by atoms with Crippen molar-refractivity contribution < 1.29 is 13.2 Å². The molecule has 0 aromatic rings. The highest BCUT2D eigenvalue weighted by Crippen LogP contribution is 2.26. The first-order valence-electron chi connectivity index (χ1n) is 7.05. The summed E-state index contributed by atoms with van der Waals surface area (Å²) in [7, 11) is -3.43. The highest BCUT2D eigenvalue weighted by molar-refractivity contribution is 7.87. The largest absolute Gasteiger partial charge is 0.373 e. The number of morpholine rings is 1. The van der Waals surface area contributed by atoms with Crippen LogP contribution >= 0.6 is 0 Å². The van der Waals surface area contributed by atoms with Crippen LogP contribution in [0.2, 0.25) is 0 Å². The smallest absolute Gasteiger partial charge is 0.279 e. The quantitative estimate of drug-likeness (QED) is 0.767. The molecule has 0 bridgehead atoms. The molecule has 0 aromatic carbocycles. The third-order valence-electron chi connectivity index (χ3n) is 3.99. The molecule has 0 aromatic heterocycles. The zero-order valence-electron chi connectivity index (χ0n) is 11.7. The maximum Gasteiger partial charge on any atom is 0.279 e. The van der Waals surface area contributed by atoms with Crippen LogP contribution in [-0.2, 0) is 14.9 Å². The van der Waals surface area contributed by atoms with Gasteiger partial charge in [0.15, 0.2) is 0 Å². The fraction of sp³-hybridized carbons (Fsp3) is 1.00. The van der Waals surface area contributed by atoms with E-state index in [2.05, 4.69) is 4.72 Å². The van der Waals surface area contributed by atoms with Crippen molar-refractivity contribution in [1.82, 2.24) is 9.03 Å². The van der Waals surface area contributed by atoms with Gasteiger partial charge in [-0.1, -0.05) is 6.42 Å². The number of nitrogens with one attached hydrogen (secondary N) is 1. The molecular weight excluding hydrogens is 266 g/mol. The minimum Gasteiger partial charge on any atom is -0.373 e. The van der Waals surface area contributed by atoms with E-state index in [0.717, 1.165) is 19.3 Å². The van der Waals surface area contributed by atoms with Gasteiger partial charge in [0, 0.05) is 19.1 Å². The van der Waals surface area contributed by atoms with Crippen molar-refractivity contribution in [3.05, 3.63) is 0 Å². The number of hydrogen-bond acceptors (Lipinski definition) is 4. The molecule has 112 valence electrons. The summed E-state index contributed by atoms with van der Waals surface area (Å²) < 4.78 is 34.7. The van der Waals surface area contributed by atoms with E-state index in [1.54, 1.807) is 0 Å². The molecule has 1 heterocycles. The lowest BCUT2D eigenvalue weighted by Gasteiger charge is -2.35. The summed E-state index contributed by atoms with van der Waals surface area (Å²) in [5.74, 6) is 0.269. The van der Waals surface area contributed by atoms with Gasteiger partial charge in [0.25, 0.3) is 10.2 Å². The Bertz CT molecular complexity index is 391. The zero-order chi connectivity index (χ0) is 14.0. The summed E-state index contributed by atoms with van der Waals surface area (Å²) in [6.07, 6.45) is 2.82. The van der Waals surface area contributed by atoms with Gasteiger partial charge in [-0.05, 0) is 39.2 Å². The topological polar surface area (TPSA) is 84.7 Å². The van der Waals surface area contributed by atoms with E-state index >= 15 is 0 Å². The van der Waals surface area contributed by atoms with Gasteiger partial charge in [-0.2, -0.15) is 17.4 Å². The van der Waals surface area contributed by atoms with Gasteiger partial charge in [-0.3, -0.25) is 0 Å². The van der Waals surface area contributed by atoms with Crippen LogP contribution < -0.4 is 10.5 Å². The molecular formula is C12H25N3O3S. The monoisotopic (exact) mass is 291 g/mol. The lowest BCUT2D eigenvalue weighted by atomic mass is 10.1. The van der Waals surface area contributed by atoms with Crippen LogP contribution in [-0.4, -0.2) is 50.6 Å². The summed E-state index contributed by atoms with van der Waals surface area (Å²) in [6.45, 7) is 5.18. The molecule has 0 spiro atoms. The molecule has 1 aliphatic heterocycles. The van der Waals surface area contributed by atoms with Gasteiger partial charge in [-0.25, -0.2) is 0 Å². The van der Waals surface area contributed by atoms with Crippen LogP contribution in [0.4, 0.5) is 0 Å². The molecule has 4 atom stereocenters. The Morgan fingerprint density at radius 2 is 1.89 bits per heavy atom. The second kappa shape index (κ2) is 6.05. The van der Waals surface area contributed by atoms with E-state index < -0.39 is 10.2 Å². The van der Waals surface area contributed by atoms with Crippen LogP contribution in [0, 0.1) is 5.92 Å². The summed E-state index contributed by atoms with van der Waals surface area (Å²) in [6, 6.07) is -0.0107. The van der Waals surface area contributed by atoms with Crippen molar-refractivity contribution in [2.45, 2.75) is 51.4 Å². The van der Waals surface area contributed by atoms with E-state index in [9.17, 15) is 8.42 Å². The van der Waals surface area contributed by atoms with Crippen molar-refractivity contribution >= 4 is 10.2 Å². The molecule has 0 unspecified atom stereocenters. The SMILES string of the molecule is C[C@@H]1CN(S(=O)(=O)N[C@@H]2CCC[C@H]2CN)C[C@@H](C)O1. The van der Waals surface area contributed by atoms with Crippen LogP contribution in [0.5, 0.6) is 0 Å². The molecule has 3 N–H and O–H groups in total. The Labute approximate surface area is 115 Å². The van der Waals surface area contributed by atoms with E-state index in [1.165, 1.54) is 4.31 Å². The van der Waals surface area contributed by atoms with Gasteiger partial charge in [0.05, 0.1) is 12.2 Å². The predicted octanol–water partition coefficient (Wildman–Crippen LogP) is 0.0574. The number of rotatable bonds is 4. The molecule has 0 amide bonds.